The number of carbonyl (C=O) groups is 1. The van der Waals surface area contributed by atoms with Crippen LogP contribution >= 0.6 is 0 Å². The van der Waals surface area contributed by atoms with Crippen LogP contribution in [0.2, 0.25) is 0 Å². The van der Waals surface area contributed by atoms with E-state index < -0.39 is 0 Å². The van der Waals surface area contributed by atoms with Gasteiger partial charge in [0.25, 0.3) is 0 Å². The van der Waals surface area contributed by atoms with E-state index in [2.05, 4.69) is 51.1 Å². The summed E-state index contributed by atoms with van der Waals surface area (Å²) in [6.07, 6.45) is 4.06. The van der Waals surface area contributed by atoms with Crippen LogP contribution in [0.5, 0.6) is 0 Å². The van der Waals surface area contributed by atoms with Crippen LogP contribution in [0.1, 0.15) is 38.3 Å². The second kappa shape index (κ2) is 7.98. The Bertz CT molecular complexity index is 324. The van der Waals surface area contributed by atoms with Crippen LogP contribution in [0.4, 0.5) is 0 Å². The third-order valence-corrected chi connectivity index (χ3v) is 2.22. The molecule has 0 heterocycles. The fraction of sp³-hybridized carbons (Fsp3) is 0.357. The van der Waals surface area contributed by atoms with Gasteiger partial charge in [-0.25, -0.2) is 0 Å². The van der Waals surface area contributed by atoms with Crippen molar-refractivity contribution < 1.29 is 4.79 Å². The minimum Gasteiger partial charge on any atom is -0.304 e. The lowest BCUT2D eigenvalue weighted by Crippen LogP contribution is -1.86. The van der Waals surface area contributed by atoms with Crippen molar-refractivity contribution in [2.45, 2.75) is 34.1 Å². The minimum absolute atomic E-state index is 0.750. The fourth-order valence-electron chi connectivity index (χ4n) is 1.48. The molecule has 0 radical (unpaired) electrons. The Morgan fingerprint density at radius 3 is 2.20 bits per heavy atom. The van der Waals surface area contributed by atoms with E-state index in [-0.39, 0.29) is 0 Å². The Hall–Kier alpha value is -1.37. The summed E-state index contributed by atoms with van der Waals surface area (Å²) in [4.78, 5) is 8.81. The molecule has 0 aliphatic heterocycles. The maximum absolute atomic E-state index is 8.81. The molecular formula is C14H20O. The van der Waals surface area contributed by atoms with Crippen LogP contribution in [0, 0.1) is 6.92 Å². The van der Waals surface area contributed by atoms with Gasteiger partial charge in [-0.1, -0.05) is 37.3 Å². The highest BCUT2D eigenvalue weighted by molar-refractivity contribution is 5.67. The predicted molar refractivity (Wildman–Crippen MR) is 66.9 cm³/mol. The highest BCUT2D eigenvalue weighted by Gasteiger charge is 1.99. The van der Waals surface area contributed by atoms with Crippen molar-refractivity contribution in [3.8, 4) is 0 Å². The molecule has 0 amide bonds. The average Bonchev–Trinajstić information content (AvgIpc) is 2.24. The Balaban J connectivity index is 0.000000583. The second-order valence-electron chi connectivity index (χ2n) is 3.22. The summed E-state index contributed by atoms with van der Waals surface area (Å²) in [6, 6.07) is 8.53. The van der Waals surface area contributed by atoms with E-state index >= 15 is 0 Å². The van der Waals surface area contributed by atoms with Gasteiger partial charge >= 0.3 is 0 Å². The molecule has 0 unspecified atom stereocenters. The first-order chi connectivity index (χ1) is 7.21. The number of hydrogen-bond donors (Lipinski definition) is 0. The molecule has 1 aromatic carbocycles. The van der Waals surface area contributed by atoms with Gasteiger partial charge in [-0.05, 0) is 43.9 Å². The van der Waals surface area contributed by atoms with E-state index in [4.69, 9.17) is 4.79 Å². The number of aryl methyl sites for hydroxylation is 1. The minimum atomic E-state index is 0.750. The number of rotatable bonds is 2. The van der Waals surface area contributed by atoms with Crippen molar-refractivity contribution in [2.75, 3.05) is 0 Å². The molecule has 15 heavy (non-hydrogen) atoms. The number of allylic oxidation sites excluding steroid dienone is 2. The van der Waals surface area contributed by atoms with E-state index in [0.717, 1.165) is 12.7 Å². The molecule has 1 nitrogen and oxygen atoms in total. The fourth-order valence-corrected chi connectivity index (χ4v) is 1.48. The molecule has 0 bridgehead atoms. The Morgan fingerprint density at radius 1 is 1.27 bits per heavy atom. The lowest BCUT2D eigenvalue weighted by Gasteiger charge is -2.07. The Morgan fingerprint density at radius 2 is 1.80 bits per heavy atom. The number of aldehydes is 1. The summed E-state index contributed by atoms with van der Waals surface area (Å²) < 4.78 is 0. The standard InChI is InChI=1S/C12H16.C2H4O/c1-4-11(5-2)12-9-7-6-8-10(12)3;1-2-3/h4,6-9H,5H2,1-3H3;2H,1H3/b11-4-;. The largest absolute Gasteiger partial charge is 0.304 e. The van der Waals surface area contributed by atoms with Crippen molar-refractivity contribution in [1.82, 2.24) is 0 Å². The summed E-state index contributed by atoms with van der Waals surface area (Å²) in [6.45, 7) is 7.90. The summed E-state index contributed by atoms with van der Waals surface area (Å²) in [5, 5.41) is 0. The van der Waals surface area contributed by atoms with Crippen LogP contribution in [0.15, 0.2) is 30.3 Å². The number of carbonyl (C=O) groups excluding carboxylic acids is 1. The van der Waals surface area contributed by atoms with Crippen molar-refractivity contribution in [2.24, 2.45) is 0 Å². The van der Waals surface area contributed by atoms with Crippen molar-refractivity contribution in [1.29, 1.82) is 0 Å². The summed E-state index contributed by atoms with van der Waals surface area (Å²) in [5.41, 5.74) is 4.20. The third kappa shape index (κ3) is 4.59. The molecule has 0 saturated heterocycles. The van der Waals surface area contributed by atoms with Gasteiger partial charge < -0.3 is 4.79 Å². The quantitative estimate of drug-likeness (QED) is 0.665. The molecule has 1 rings (SSSR count). The lowest BCUT2D eigenvalue weighted by molar-refractivity contribution is -0.106. The van der Waals surface area contributed by atoms with E-state index in [1.807, 2.05) is 0 Å². The van der Waals surface area contributed by atoms with Crippen molar-refractivity contribution >= 4 is 11.9 Å². The highest BCUT2D eigenvalue weighted by Crippen LogP contribution is 2.20. The van der Waals surface area contributed by atoms with Crippen molar-refractivity contribution in [3.63, 3.8) is 0 Å². The zero-order valence-electron chi connectivity index (χ0n) is 10.1. The van der Waals surface area contributed by atoms with Crippen LogP contribution < -0.4 is 0 Å². The van der Waals surface area contributed by atoms with E-state index in [0.29, 0.717) is 0 Å². The average molecular weight is 204 g/mol. The maximum atomic E-state index is 8.81. The summed E-state index contributed by atoms with van der Waals surface area (Å²) >= 11 is 0. The van der Waals surface area contributed by atoms with Gasteiger partial charge in [-0.15, -0.1) is 0 Å². The Kier molecular flexibility index (Phi) is 7.25. The van der Waals surface area contributed by atoms with Gasteiger partial charge in [0, 0.05) is 0 Å². The third-order valence-electron chi connectivity index (χ3n) is 2.22. The Labute approximate surface area is 92.8 Å². The molecular weight excluding hydrogens is 184 g/mol. The zero-order valence-corrected chi connectivity index (χ0v) is 10.1. The first kappa shape index (κ1) is 13.6. The van der Waals surface area contributed by atoms with Gasteiger partial charge in [0.05, 0.1) is 0 Å². The molecule has 0 spiro atoms. The van der Waals surface area contributed by atoms with E-state index in [9.17, 15) is 0 Å². The molecule has 0 atom stereocenters. The van der Waals surface area contributed by atoms with Crippen molar-refractivity contribution in [3.05, 3.63) is 41.5 Å². The van der Waals surface area contributed by atoms with Crippen LogP contribution in [-0.4, -0.2) is 6.29 Å². The molecule has 1 heteroatoms. The SMILES string of the molecule is C/C=C(/CC)c1ccccc1C.CC=O. The van der Waals surface area contributed by atoms with Gasteiger partial charge in [0.15, 0.2) is 0 Å². The summed E-state index contributed by atoms with van der Waals surface area (Å²) in [7, 11) is 0. The molecule has 0 N–H and O–H groups in total. The van der Waals surface area contributed by atoms with Gasteiger partial charge in [0.2, 0.25) is 0 Å². The molecule has 0 aliphatic rings. The maximum Gasteiger partial charge on any atom is 0.116 e. The van der Waals surface area contributed by atoms with Crippen LogP contribution in [0.3, 0.4) is 0 Å². The molecule has 0 saturated carbocycles. The molecule has 0 fully saturated rings. The van der Waals surface area contributed by atoms with E-state index in [1.165, 1.54) is 23.6 Å². The molecule has 0 aromatic heterocycles. The zero-order chi connectivity index (χ0) is 11.7. The predicted octanol–water partition coefficient (Wildman–Crippen LogP) is 4.01. The number of hydrogen-bond acceptors (Lipinski definition) is 1. The smallest absolute Gasteiger partial charge is 0.116 e. The first-order valence-corrected chi connectivity index (χ1v) is 5.32. The second-order valence-corrected chi connectivity index (χ2v) is 3.22. The van der Waals surface area contributed by atoms with Gasteiger partial charge in [0.1, 0.15) is 6.29 Å². The van der Waals surface area contributed by atoms with E-state index in [1.54, 1.807) is 0 Å². The van der Waals surface area contributed by atoms with Crippen LogP contribution in [-0.2, 0) is 4.79 Å². The highest BCUT2D eigenvalue weighted by atomic mass is 16.1. The molecule has 1 aromatic rings. The monoisotopic (exact) mass is 204 g/mol. The number of benzene rings is 1. The molecule has 0 aliphatic carbocycles. The van der Waals surface area contributed by atoms with Gasteiger partial charge in [-0.2, -0.15) is 0 Å². The van der Waals surface area contributed by atoms with Crippen LogP contribution in [0.25, 0.3) is 5.57 Å². The topological polar surface area (TPSA) is 17.1 Å². The lowest BCUT2D eigenvalue weighted by atomic mass is 9.99. The molecule has 82 valence electrons. The first-order valence-electron chi connectivity index (χ1n) is 5.32. The summed E-state index contributed by atoms with van der Waals surface area (Å²) in [5.74, 6) is 0. The normalized spacial score (nSPS) is 10.3. The van der Waals surface area contributed by atoms with Gasteiger partial charge in [-0.3, -0.25) is 0 Å².